The molecular weight excluding hydrogens is 470 g/mol. The monoisotopic (exact) mass is 522 g/mol. The van der Waals surface area contributed by atoms with Crippen molar-refractivity contribution in [1.82, 2.24) is 0 Å². The zero-order valence-electron chi connectivity index (χ0n) is 25.0. The zero-order valence-corrected chi connectivity index (χ0v) is 25.0. The third-order valence-corrected chi connectivity index (χ3v) is 10.9. The van der Waals surface area contributed by atoms with Gasteiger partial charge in [-0.05, 0) is 134 Å². The molecule has 3 aliphatic carbocycles. The van der Waals surface area contributed by atoms with Gasteiger partial charge in [-0.25, -0.2) is 8.78 Å². The average molecular weight is 523 g/mol. The minimum Gasteiger partial charge on any atom is -0.207 e. The molecule has 0 bridgehead atoms. The Labute approximate surface area is 232 Å². The standard InChI is InChI=1S/C36H52F2/c1-7-31-33(37)23-27(24-34(31)38)13-12-26-14-17-32-25(3)18-21-36(6)29(11-9-10-28(32)22-26)15-16-30(36)19-20-35(4,5)8-2/h12-13,17,22-26,29-30H,7-11,14-16,18-21H2,1-6H3/b13-12-. The summed E-state index contributed by atoms with van der Waals surface area (Å²) >= 11 is 0. The second-order valence-corrected chi connectivity index (χ2v) is 13.8. The Balaban J connectivity index is 1.45. The summed E-state index contributed by atoms with van der Waals surface area (Å²) in [5.41, 5.74) is 4.86. The van der Waals surface area contributed by atoms with Crippen LogP contribution in [0.25, 0.3) is 6.08 Å². The summed E-state index contributed by atoms with van der Waals surface area (Å²) in [5.74, 6) is 1.77. The maximum absolute atomic E-state index is 14.3. The molecule has 2 heteroatoms. The van der Waals surface area contributed by atoms with Gasteiger partial charge in [-0.2, -0.15) is 0 Å². The Hall–Kier alpha value is -1.70. The van der Waals surface area contributed by atoms with Gasteiger partial charge in [-0.3, -0.25) is 0 Å². The highest BCUT2D eigenvalue weighted by atomic mass is 19.1. The molecule has 4 rings (SSSR count). The lowest BCUT2D eigenvalue weighted by molar-refractivity contribution is 0.106. The van der Waals surface area contributed by atoms with E-state index in [1.165, 1.54) is 75.5 Å². The van der Waals surface area contributed by atoms with Crippen LogP contribution in [0.3, 0.4) is 0 Å². The van der Waals surface area contributed by atoms with Crippen molar-refractivity contribution in [1.29, 1.82) is 0 Å². The van der Waals surface area contributed by atoms with E-state index in [-0.39, 0.29) is 5.56 Å². The Morgan fingerprint density at radius 2 is 1.79 bits per heavy atom. The Kier molecular flexibility index (Phi) is 9.42. The molecule has 5 unspecified atom stereocenters. The van der Waals surface area contributed by atoms with Crippen LogP contribution in [-0.4, -0.2) is 0 Å². The first-order valence-electron chi connectivity index (χ1n) is 15.6. The van der Waals surface area contributed by atoms with E-state index >= 15 is 0 Å². The molecule has 38 heavy (non-hydrogen) atoms. The number of benzene rings is 1. The summed E-state index contributed by atoms with van der Waals surface area (Å²) < 4.78 is 28.5. The first-order chi connectivity index (χ1) is 18.1. The lowest BCUT2D eigenvalue weighted by atomic mass is 9.64. The first-order valence-corrected chi connectivity index (χ1v) is 15.6. The quantitative estimate of drug-likeness (QED) is 0.334. The molecule has 3 aliphatic rings. The predicted molar refractivity (Wildman–Crippen MR) is 159 cm³/mol. The first kappa shape index (κ1) is 29.3. The van der Waals surface area contributed by atoms with Gasteiger partial charge >= 0.3 is 0 Å². The number of hydrogen-bond donors (Lipinski definition) is 0. The maximum atomic E-state index is 14.3. The van der Waals surface area contributed by atoms with Crippen LogP contribution in [0, 0.1) is 46.1 Å². The van der Waals surface area contributed by atoms with E-state index in [0.29, 0.717) is 34.7 Å². The van der Waals surface area contributed by atoms with Gasteiger partial charge in [0, 0.05) is 5.56 Å². The van der Waals surface area contributed by atoms with Gasteiger partial charge in [0.2, 0.25) is 0 Å². The topological polar surface area (TPSA) is 0 Å². The highest BCUT2D eigenvalue weighted by molar-refractivity contribution is 5.52. The molecule has 2 saturated carbocycles. The van der Waals surface area contributed by atoms with E-state index in [9.17, 15) is 8.78 Å². The predicted octanol–water partition coefficient (Wildman–Crippen LogP) is 11.3. The number of fused-ring (bicyclic) bond motifs is 2. The summed E-state index contributed by atoms with van der Waals surface area (Å²) in [5, 5.41) is 0. The van der Waals surface area contributed by atoms with Crippen molar-refractivity contribution in [2.75, 3.05) is 0 Å². The molecule has 2 fully saturated rings. The lowest BCUT2D eigenvalue weighted by Crippen LogP contribution is -2.31. The van der Waals surface area contributed by atoms with Crippen molar-refractivity contribution in [2.45, 2.75) is 119 Å². The van der Waals surface area contributed by atoms with E-state index < -0.39 is 11.6 Å². The third kappa shape index (κ3) is 6.53. The van der Waals surface area contributed by atoms with Crippen LogP contribution >= 0.6 is 0 Å². The van der Waals surface area contributed by atoms with Gasteiger partial charge in [0.1, 0.15) is 11.6 Å². The number of rotatable bonds is 7. The fraction of sp³-hybridized carbons (Fsp3) is 0.667. The average Bonchev–Trinajstić information content (AvgIpc) is 3.20. The van der Waals surface area contributed by atoms with Crippen LogP contribution in [0.2, 0.25) is 0 Å². The van der Waals surface area contributed by atoms with Crippen LogP contribution < -0.4 is 0 Å². The minimum atomic E-state index is -0.437. The van der Waals surface area contributed by atoms with Gasteiger partial charge in [-0.15, -0.1) is 0 Å². The van der Waals surface area contributed by atoms with Gasteiger partial charge in [0.05, 0.1) is 0 Å². The van der Waals surface area contributed by atoms with Gasteiger partial charge in [0.25, 0.3) is 0 Å². The normalized spacial score (nSPS) is 30.5. The summed E-state index contributed by atoms with van der Waals surface area (Å²) in [6.07, 6.45) is 23.6. The molecule has 0 aromatic heterocycles. The molecule has 0 spiro atoms. The Bertz CT molecular complexity index is 1030. The minimum absolute atomic E-state index is 0.180. The highest BCUT2D eigenvalue weighted by Crippen LogP contribution is 2.56. The molecule has 1 aromatic carbocycles. The summed E-state index contributed by atoms with van der Waals surface area (Å²) in [6.45, 7) is 14.1. The van der Waals surface area contributed by atoms with Crippen molar-refractivity contribution >= 4 is 6.08 Å². The number of halogens is 2. The van der Waals surface area contributed by atoms with Crippen LogP contribution in [0.1, 0.15) is 123 Å². The largest absolute Gasteiger partial charge is 0.207 e. The fourth-order valence-electron chi connectivity index (χ4n) is 7.70. The maximum Gasteiger partial charge on any atom is 0.129 e. The molecule has 5 atom stereocenters. The molecule has 0 N–H and O–H groups in total. The lowest BCUT2D eigenvalue weighted by Gasteiger charge is -2.41. The second-order valence-electron chi connectivity index (χ2n) is 13.8. The van der Waals surface area contributed by atoms with Crippen molar-refractivity contribution < 1.29 is 8.78 Å². The third-order valence-electron chi connectivity index (χ3n) is 10.9. The molecule has 0 amide bonds. The molecule has 1 aromatic rings. The van der Waals surface area contributed by atoms with E-state index in [2.05, 4.69) is 52.8 Å². The molecule has 0 nitrogen and oxygen atoms in total. The Morgan fingerprint density at radius 3 is 2.47 bits per heavy atom. The SMILES string of the molecule is CCc1c(F)cc(/C=C\C2C=C3CCCC4CCC(CCC(C)(C)CC)C4(C)CCC(C)C3=CC2)cc1F. The molecular formula is C36H52F2. The van der Waals surface area contributed by atoms with Crippen LogP contribution in [0.4, 0.5) is 8.78 Å². The van der Waals surface area contributed by atoms with Gasteiger partial charge in [0.15, 0.2) is 0 Å². The van der Waals surface area contributed by atoms with Gasteiger partial charge < -0.3 is 0 Å². The molecule has 0 saturated heterocycles. The van der Waals surface area contributed by atoms with Crippen molar-refractivity contribution in [2.24, 2.45) is 34.5 Å². The van der Waals surface area contributed by atoms with Gasteiger partial charge in [-0.1, -0.05) is 72.3 Å². The summed E-state index contributed by atoms with van der Waals surface area (Å²) in [6, 6.07) is 2.94. The number of hydrogen-bond acceptors (Lipinski definition) is 0. The van der Waals surface area contributed by atoms with Crippen molar-refractivity contribution in [3.63, 3.8) is 0 Å². The van der Waals surface area contributed by atoms with E-state index in [1.54, 1.807) is 12.5 Å². The highest BCUT2D eigenvalue weighted by Gasteiger charge is 2.46. The summed E-state index contributed by atoms with van der Waals surface area (Å²) in [7, 11) is 0. The fourth-order valence-corrected chi connectivity index (χ4v) is 7.70. The smallest absolute Gasteiger partial charge is 0.129 e. The number of allylic oxidation sites excluding steroid dienone is 5. The summed E-state index contributed by atoms with van der Waals surface area (Å²) in [4.78, 5) is 0. The Morgan fingerprint density at radius 1 is 1.05 bits per heavy atom. The molecule has 0 heterocycles. The van der Waals surface area contributed by atoms with Crippen LogP contribution in [0.5, 0.6) is 0 Å². The van der Waals surface area contributed by atoms with Crippen molar-refractivity contribution in [3.8, 4) is 0 Å². The zero-order chi connectivity index (χ0) is 27.5. The molecule has 210 valence electrons. The van der Waals surface area contributed by atoms with Crippen molar-refractivity contribution in [3.05, 3.63) is 64.3 Å². The van der Waals surface area contributed by atoms with Crippen LogP contribution in [0.15, 0.2) is 41.5 Å². The second kappa shape index (κ2) is 12.2. The van der Waals surface area contributed by atoms with Crippen LogP contribution in [-0.2, 0) is 6.42 Å². The molecule has 0 aliphatic heterocycles. The van der Waals surface area contributed by atoms with E-state index in [0.717, 1.165) is 24.7 Å². The van der Waals surface area contributed by atoms with E-state index in [1.807, 2.05) is 6.08 Å². The van der Waals surface area contributed by atoms with E-state index in [4.69, 9.17) is 0 Å². The molecule has 0 radical (unpaired) electrons.